The summed E-state index contributed by atoms with van der Waals surface area (Å²) in [5, 5.41) is 0. The predicted octanol–water partition coefficient (Wildman–Crippen LogP) is 2.11. The van der Waals surface area contributed by atoms with E-state index in [0.29, 0.717) is 41.9 Å². The van der Waals surface area contributed by atoms with Crippen molar-refractivity contribution in [1.29, 1.82) is 0 Å². The van der Waals surface area contributed by atoms with E-state index in [1.54, 1.807) is 6.92 Å². The fourth-order valence-electron chi connectivity index (χ4n) is 7.73. The SMILES string of the molecule is CC(=O)N(Cc1ccccc1)[C@@]12[C@@H]3[C@H]4C[C@H]5[C@@H](C(=O)[C@H]1[C@@H]53)[C@H]42. The Hall–Kier alpha value is -1.64. The van der Waals surface area contributed by atoms with Gasteiger partial charge in [-0.05, 0) is 41.6 Å². The second-order valence-corrected chi connectivity index (χ2v) is 8.08. The first kappa shape index (κ1) is 11.9. The molecule has 3 nitrogen and oxygen atoms in total. The van der Waals surface area contributed by atoms with Crippen molar-refractivity contribution < 1.29 is 9.59 Å². The summed E-state index contributed by atoms with van der Waals surface area (Å²) >= 11 is 0. The number of hydrogen-bond donors (Lipinski definition) is 0. The molecule has 6 saturated carbocycles. The minimum absolute atomic E-state index is 0.0776. The van der Waals surface area contributed by atoms with Crippen LogP contribution in [-0.2, 0) is 16.1 Å². The van der Waals surface area contributed by atoms with Crippen LogP contribution >= 0.6 is 0 Å². The second-order valence-electron chi connectivity index (χ2n) is 8.08. The smallest absolute Gasteiger partial charge is 0.220 e. The van der Waals surface area contributed by atoms with E-state index in [0.717, 1.165) is 5.92 Å². The van der Waals surface area contributed by atoms with Gasteiger partial charge in [0, 0.05) is 25.3 Å². The molecule has 4 bridgehead atoms. The van der Waals surface area contributed by atoms with Gasteiger partial charge in [0.15, 0.2) is 0 Å². The molecule has 6 aliphatic carbocycles. The number of hydrogen-bond acceptors (Lipinski definition) is 2. The van der Waals surface area contributed by atoms with Crippen molar-refractivity contribution in [3.05, 3.63) is 35.9 Å². The Morgan fingerprint density at radius 1 is 1.23 bits per heavy atom. The summed E-state index contributed by atoms with van der Waals surface area (Å²) in [7, 11) is 0. The van der Waals surface area contributed by atoms with E-state index in [4.69, 9.17) is 0 Å². The van der Waals surface area contributed by atoms with E-state index in [9.17, 15) is 9.59 Å². The number of Topliss-reactive ketones (excluding diaryl/α,β-unsaturated/α-hetero) is 1. The Morgan fingerprint density at radius 2 is 2.00 bits per heavy atom. The fraction of sp³-hybridized carbons (Fsp3) is 0.579. The lowest BCUT2D eigenvalue weighted by molar-refractivity contribution is -0.265. The number of rotatable bonds is 3. The van der Waals surface area contributed by atoms with Crippen LogP contribution in [0.5, 0.6) is 0 Å². The highest BCUT2D eigenvalue weighted by molar-refractivity contribution is 5.97. The van der Waals surface area contributed by atoms with E-state index in [1.165, 1.54) is 12.0 Å². The maximum Gasteiger partial charge on any atom is 0.220 e. The van der Waals surface area contributed by atoms with Gasteiger partial charge in [-0.15, -0.1) is 0 Å². The molecular weight excluding hydrogens is 274 g/mol. The Labute approximate surface area is 129 Å². The quantitative estimate of drug-likeness (QED) is 0.856. The van der Waals surface area contributed by atoms with Gasteiger partial charge in [-0.25, -0.2) is 0 Å². The van der Waals surface area contributed by atoms with E-state index in [2.05, 4.69) is 17.0 Å². The van der Waals surface area contributed by atoms with Crippen LogP contribution in [0.25, 0.3) is 0 Å². The zero-order valence-electron chi connectivity index (χ0n) is 12.6. The molecule has 0 aliphatic heterocycles. The van der Waals surface area contributed by atoms with Crippen LogP contribution < -0.4 is 0 Å². The molecule has 0 aromatic heterocycles. The third-order valence-electron chi connectivity index (χ3n) is 7.84. The van der Waals surface area contributed by atoms with Crippen LogP contribution in [0.1, 0.15) is 18.9 Å². The highest BCUT2D eigenvalue weighted by Crippen LogP contribution is 2.90. The van der Waals surface area contributed by atoms with Gasteiger partial charge in [-0.1, -0.05) is 30.3 Å². The topological polar surface area (TPSA) is 37.4 Å². The van der Waals surface area contributed by atoms with Crippen LogP contribution in [0, 0.1) is 41.4 Å². The average Bonchev–Trinajstić information content (AvgIpc) is 3.02. The lowest BCUT2D eigenvalue weighted by atomic mass is 9.35. The number of carbonyl (C=O) groups excluding carboxylic acids is 2. The lowest BCUT2D eigenvalue weighted by Crippen LogP contribution is -2.82. The van der Waals surface area contributed by atoms with Crippen molar-refractivity contribution in [3.63, 3.8) is 0 Å². The molecule has 0 heterocycles. The molecule has 7 rings (SSSR count). The van der Waals surface area contributed by atoms with E-state index >= 15 is 0 Å². The molecule has 0 unspecified atom stereocenters. The largest absolute Gasteiger partial charge is 0.332 e. The molecular formula is C19H19NO2. The summed E-state index contributed by atoms with van der Waals surface area (Å²) < 4.78 is 0. The third-order valence-corrected chi connectivity index (χ3v) is 7.84. The maximum atomic E-state index is 12.7. The van der Waals surface area contributed by atoms with Crippen molar-refractivity contribution in [2.45, 2.75) is 25.4 Å². The van der Waals surface area contributed by atoms with Gasteiger partial charge in [0.05, 0.1) is 5.54 Å². The van der Waals surface area contributed by atoms with Gasteiger partial charge in [-0.3, -0.25) is 9.59 Å². The summed E-state index contributed by atoms with van der Waals surface area (Å²) in [4.78, 5) is 27.3. The number of benzene rings is 1. The highest BCUT2D eigenvalue weighted by Gasteiger charge is 2.95. The molecule has 1 amide bonds. The molecule has 1 aromatic rings. The van der Waals surface area contributed by atoms with Gasteiger partial charge in [0.25, 0.3) is 0 Å². The molecule has 0 radical (unpaired) electrons. The highest BCUT2D eigenvalue weighted by atomic mass is 16.2. The van der Waals surface area contributed by atoms with Crippen molar-refractivity contribution in [2.75, 3.05) is 0 Å². The van der Waals surface area contributed by atoms with Gasteiger partial charge in [0.2, 0.25) is 5.91 Å². The number of nitrogens with zero attached hydrogens (tertiary/aromatic N) is 1. The molecule has 8 atom stereocenters. The van der Waals surface area contributed by atoms with Crippen molar-refractivity contribution >= 4 is 11.7 Å². The Kier molecular flexibility index (Phi) is 1.79. The molecule has 0 spiro atoms. The third kappa shape index (κ3) is 0.901. The van der Waals surface area contributed by atoms with E-state index in [-0.39, 0.29) is 17.4 Å². The first-order valence-electron chi connectivity index (χ1n) is 8.53. The minimum atomic E-state index is -0.0776. The van der Waals surface area contributed by atoms with Crippen LogP contribution in [0.3, 0.4) is 0 Å². The molecule has 0 saturated heterocycles. The standard InChI is InChI=1S/C19H19NO2/c1-9(21)20(8-10-5-3-2-4-6-10)19-15-12-7-11-13(15)17(19)18(22)14(11)16(12)19/h2-6,11-17H,7-8H2,1H3/t11-,12-,13+,14-,15-,16+,17-,19-/m1/s1. The molecule has 112 valence electrons. The summed E-state index contributed by atoms with van der Waals surface area (Å²) in [6.45, 7) is 2.36. The summed E-state index contributed by atoms with van der Waals surface area (Å²) in [5.74, 6) is 4.35. The van der Waals surface area contributed by atoms with Crippen LogP contribution in [0.4, 0.5) is 0 Å². The normalized spacial score (nSPS) is 51.0. The monoisotopic (exact) mass is 293 g/mol. The molecule has 0 N–H and O–H groups in total. The molecule has 3 heteroatoms. The maximum absolute atomic E-state index is 12.7. The Bertz CT molecular complexity index is 728. The molecule has 22 heavy (non-hydrogen) atoms. The minimum Gasteiger partial charge on any atom is -0.332 e. The van der Waals surface area contributed by atoms with E-state index < -0.39 is 0 Å². The zero-order chi connectivity index (χ0) is 14.8. The lowest BCUT2D eigenvalue weighted by Gasteiger charge is -2.74. The van der Waals surface area contributed by atoms with Crippen LogP contribution in [0.15, 0.2) is 30.3 Å². The second kappa shape index (κ2) is 3.32. The van der Waals surface area contributed by atoms with Crippen molar-refractivity contribution in [3.8, 4) is 0 Å². The van der Waals surface area contributed by atoms with Crippen LogP contribution in [-0.4, -0.2) is 22.1 Å². The number of ketones is 1. The molecule has 6 fully saturated rings. The van der Waals surface area contributed by atoms with Gasteiger partial charge in [0.1, 0.15) is 5.78 Å². The average molecular weight is 293 g/mol. The molecule has 1 aromatic carbocycles. The number of carbonyl (C=O) groups is 2. The first-order valence-corrected chi connectivity index (χ1v) is 8.53. The summed E-state index contributed by atoms with van der Waals surface area (Å²) in [6, 6.07) is 10.2. The van der Waals surface area contributed by atoms with Gasteiger partial charge in [-0.2, -0.15) is 0 Å². The van der Waals surface area contributed by atoms with E-state index in [1.807, 2.05) is 18.2 Å². The zero-order valence-corrected chi connectivity index (χ0v) is 12.6. The fourth-order valence-corrected chi connectivity index (χ4v) is 7.73. The summed E-state index contributed by atoms with van der Waals surface area (Å²) in [5.41, 5.74) is 1.10. The van der Waals surface area contributed by atoms with Crippen molar-refractivity contribution in [1.82, 2.24) is 4.90 Å². The molecule has 6 aliphatic rings. The summed E-state index contributed by atoms with van der Waals surface area (Å²) in [6.07, 6.45) is 1.27. The predicted molar refractivity (Wildman–Crippen MR) is 79.5 cm³/mol. The van der Waals surface area contributed by atoms with Crippen LogP contribution in [0.2, 0.25) is 0 Å². The Morgan fingerprint density at radius 3 is 2.68 bits per heavy atom. The van der Waals surface area contributed by atoms with Gasteiger partial charge < -0.3 is 4.90 Å². The Balaban J connectivity index is 1.44. The van der Waals surface area contributed by atoms with Gasteiger partial charge >= 0.3 is 0 Å². The first-order chi connectivity index (χ1) is 10.7. The number of amides is 1. The van der Waals surface area contributed by atoms with Crippen molar-refractivity contribution in [2.24, 2.45) is 41.4 Å².